The van der Waals surface area contributed by atoms with E-state index >= 15 is 0 Å². The summed E-state index contributed by atoms with van der Waals surface area (Å²) in [6, 6.07) is 24.2. The Kier molecular flexibility index (Phi) is 6.51. The molecule has 8 heteroatoms. The number of fused-ring (bicyclic) bond motifs is 1. The highest BCUT2D eigenvalue weighted by Gasteiger charge is 2.28. The standard InChI is InChI=1S/C21H18N6.C4H6O2/c22-13-12-15-6-10-18(11-7-15)24-14-16-4-8-17(9-5-16)19-2-1-3-20-25-21(23)26-27(19)20;5-4(6)3-1-2-3/h1-11,24H,12,14H2,(H2,23,26);3H,1-2H2,(H,5,6). The van der Waals surface area contributed by atoms with E-state index in [1.54, 1.807) is 4.52 Å². The number of carboxylic acids is 1. The van der Waals surface area contributed by atoms with Gasteiger partial charge in [-0.15, -0.1) is 5.10 Å². The number of carboxylic acid groups (broad SMARTS) is 1. The molecule has 33 heavy (non-hydrogen) atoms. The number of hydrogen-bond donors (Lipinski definition) is 3. The molecule has 2 aromatic carbocycles. The minimum absolute atomic E-state index is 0.0185. The normalized spacial score (nSPS) is 12.5. The number of nitriles is 1. The van der Waals surface area contributed by atoms with Crippen LogP contribution in [0.5, 0.6) is 0 Å². The zero-order valence-corrected chi connectivity index (χ0v) is 18.0. The summed E-state index contributed by atoms with van der Waals surface area (Å²) in [5, 5.41) is 24.4. The Labute approximate surface area is 191 Å². The molecule has 0 saturated heterocycles. The zero-order valence-electron chi connectivity index (χ0n) is 18.0. The molecule has 0 amide bonds. The van der Waals surface area contributed by atoms with Gasteiger partial charge in [-0.25, -0.2) is 4.52 Å². The van der Waals surface area contributed by atoms with Crippen LogP contribution in [0, 0.1) is 17.2 Å². The Hall–Kier alpha value is -4.38. The van der Waals surface area contributed by atoms with E-state index in [-0.39, 0.29) is 11.9 Å². The number of nitrogen functional groups attached to an aromatic ring is 1. The lowest BCUT2D eigenvalue weighted by Crippen LogP contribution is -2.00. The lowest BCUT2D eigenvalue weighted by Gasteiger charge is -2.09. The predicted octanol–water partition coefficient (Wildman–Crippen LogP) is 4.14. The number of hydrogen-bond acceptors (Lipinski definition) is 6. The molecule has 1 fully saturated rings. The fourth-order valence-electron chi connectivity index (χ4n) is 3.30. The molecule has 4 aromatic rings. The van der Waals surface area contributed by atoms with Gasteiger partial charge in [0, 0.05) is 17.8 Å². The molecule has 166 valence electrons. The molecule has 0 radical (unpaired) electrons. The van der Waals surface area contributed by atoms with Crippen LogP contribution in [0.3, 0.4) is 0 Å². The van der Waals surface area contributed by atoms with Crippen molar-refractivity contribution >= 4 is 23.3 Å². The van der Waals surface area contributed by atoms with Gasteiger partial charge >= 0.3 is 5.97 Å². The largest absolute Gasteiger partial charge is 0.481 e. The molecule has 0 spiro atoms. The Balaban J connectivity index is 0.000000376. The number of pyridine rings is 1. The van der Waals surface area contributed by atoms with E-state index in [0.29, 0.717) is 6.42 Å². The summed E-state index contributed by atoms with van der Waals surface area (Å²) >= 11 is 0. The summed E-state index contributed by atoms with van der Waals surface area (Å²) in [5.41, 5.74) is 11.7. The summed E-state index contributed by atoms with van der Waals surface area (Å²) in [4.78, 5) is 14.0. The van der Waals surface area contributed by atoms with Crippen molar-refractivity contribution in [2.75, 3.05) is 11.1 Å². The molecule has 0 unspecified atom stereocenters. The average molecular weight is 441 g/mol. The van der Waals surface area contributed by atoms with Gasteiger partial charge in [-0.3, -0.25) is 4.79 Å². The highest BCUT2D eigenvalue weighted by molar-refractivity contribution is 5.72. The van der Waals surface area contributed by atoms with E-state index in [9.17, 15) is 4.79 Å². The lowest BCUT2D eigenvalue weighted by atomic mass is 10.1. The van der Waals surface area contributed by atoms with Gasteiger partial charge in [0.2, 0.25) is 5.95 Å². The molecule has 2 heterocycles. The summed E-state index contributed by atoms with van der Waals surface area (Å²) < 4.78 is 1.76. The van der Waals surface area contributed by atoms with E-state index in [1.807, 2.05) is 42.5 Å². The third-order valence-electron chi connectivity index (χ3n) is 5.29. The molecular weight excluding hydrogens is 416 g/mol. The van der Waals surface area contributed by atoms with Crippen molar-refractivity contribution in [3.63, 3.8) is 0 Å². The van der Waals surface area contributed by atoms with Gasteiger partial charge in [0.05, 0.1) is 24.1 Å². The predicted molar refractivity (Wildman–Crippen MR) is 126 cm³/mol. The van der Waals surface area contributed by atoms with Gasteiger partial charge < -0.3 is 16.2 Å². The van der Waals surface area contributed by atoms with E-state index in [0.717, 1.165) is 47.5 Å². The Bertz CT molecular complexity index is 1290. The van der Waals surface area contributed by atoms with Crippen LogP contribution in [-0.2, 0) is 17.8 Å². The van der Waals surface area contributed by atoms with Gasteiger partial charge in [0.25, 0.3) is 0 Å². The topological polar surface area (TPSA) is 129 Å². The number of carbonyl (C=O) groups is 1. The lowest BCUT2D eigenvalue weighted by molar-refractivity contribution is -0.138. The number of nitrogens with one attached hydrogen (secondary N) is 1. The Morgan fingerprint density at radius 1 is 1.09 bits per heavy atom. The first kappa shape index (κ1) is 21.8. The van der Waals surface area contributed by atoms with Crippen LogP contribution in [-0.4, -0.2) is 25.7 Å². The molecule has 1 saturated carbocycles. The summed E-state index contributed by atoms with van der Waals surface area (Å²) in [6.07, 6.45) is 2.23. The number of benzene rings is 2. The Morgan fingerprint density at radius 3 is 2.39 bits per heavy atom. The second-order valence-corrected chi connectivity index (χ2v) is 7.85. The van der Waals surface area contributed by atoms with Crippen LogP contribution < -0.4 is 11.1 Å². The van der Waals surface area contributed by atoms with Crippen molar-refractivity contribution < 1.29 is 9.90 Å². The summed E-state index contributed by atoms with van der Waals surface area (Å²) in [7, 11) is 0. The van der Waals surface area contributed by atoms with Gasteiger partial charge in [0.1, 0.15) is 0 Å². The molecule has 1 aliphatic carbocycles. The fraction of sp³-hybridized carbons (Fsp3) is 0.200. The highest BCUT2D eigenvalue weighted by atomic mass is 16.4. The number of aliphatic carboxylic acids is 1. The van der Waals surface area contributed by atoms with Crippen molar-refractivity contribution in [2.45, 2.75) is 25.8 Å². The van der Waals surface area contributed by atoms with Gasteiger partial charge in [0.15, 0.2) is 5.65 Å². The molecule has 4 N–H and O–H groups in total. The van der Waals surface area contributed by atoms with Gasteiger partial charge in [-0.05, 0) is 48.2 Å². The number of nitrogens with two attached hydrogens (primary N) is 1. The SMILES string of the molecule is N#CCc1ccc(NCc2ccc(-c3cccc4nc(N)nn34)cc2)cc1.O=C(O)C1CC1. The second kappa shape index (κ2) is 9.83. The molecular formula is C25H24N6O2. The third-order valence-corrected chi connectivity index (χ3v) is 5.29. The quantitative estimate of drug-likeness (QED) is 0.411. The molecule has 0 aliphatic heterocycles. The smallest absolute Gasteiger partial charge is 0.306 e. The Morgan fingerprint density at radius 2 is 1.79 bits per heavy atom. The number of rotatable bonds is 6. The summed E-state index contributed by atoms with van der Waals surface area (Å²) in [6.45, 7) is 0.721. The second-order valence-electron chi connectivity index (χ2n) is 7.85. The van der Waals surface area contributed by atoms with Crippen LogP contribution in [0.25, 0.3) is 16.9 Å². The monoisotopic (exact) mass is 440 g/mol. The van der Waals surface area contributed by atoms with Crippen molar-refractivity contribution in [1.29, 1.82) is 5.26 Å². The maximum atomic E-state index is 9.76. The van der Waals surface area contributed by atoms with Crippen LogP contribution in [0.4, 0.5) is 11.6 Å². The first-order valence-electron chi connectivity index (χ1n) is 10.7. The van der Waals surface area contributed by atoms with Crippen molar-refractivity contribution in [2.24, 2.45) is 5.92 Å². The van der Waals surface area contributed by atoms with Crippen molar-refractivity contribution in [3.05, 3.63) is 77.9 Å². The van der Waals surface area contributed by atoms with E-state index in [1.165, 1.54) is 5.56 Å². The molecule has 8 nitrogen and oxygen atoms in total. The minimum atomic E-state index is -0.630. The maximum absolute atomic E-state index is 9.76. The van der Waals surface area contributed by atoms with Crippen molar-refractivity contribution in [3.8, 4) is 17.3 Å². The fourth-order valence-corrected chi connectivity index (χ4v) is 3.30. The maximum Gasteiger partial charge on any atom is 0.306 e. The minimum Gasteiger partial charge on any atom is -0.481 e. The molecule has 1 aliphatic rings. The third kappa shape index (κ3) is 5.66. The van der Waals surface area contributed by atoms with E-state index in [4.69, 9.17) is 16.1 Å². The van der Waals surface area contributed by atoms with Gasteiger partial charge in [-0.2, -0.15) is 10.2 Å². The summed E-state index contributed by atoms with van der Waals surface area (Å²) in [5.74, 6) is -0.343. The van der Waals surface area contributed by atoms with Crippen LogP contribution >= 0.6 is 0 Å². The van der Waals surface area contributed by atoms with E-state index in [2.05, 4.69) is 45.7 Å². The number of anilines is 2. The molecule has 2 aromatic heterocycles. The first-order valence-corrected chi connectivity index (χ1v) is 10.7. The number of nitrogens with zero attached hydrogens (tertiary/aromatic N) is 4. The van der Waals surface area contributed by atoms with Gasteiger partial charge in [-0.1, -0.05) is 42.5 Å². The van der Waals surface area contributed by atoms with Crippen LogP contribution in [0.15, 0.2) is 66.7 Å². The molecule has 0 bridgehead atoms. The molecule has 0 atom stereocenters. The molecule has 5 rings (SSSR count). The number of aromatic nitrogens is 3. The average Bonchev–Trinajstić information content (AvgIpc) is 3.61. The van der Waals surface area contributed by atoms with E-state index < -0.39 is 5.97 Å². The van der Waals surface area contributed by atoms with Crippen molar-refractivity contribution in [1.82, 2.24) is 14.6 Å². The van der Waals surface area contributed by atoms with Crippen LogP contribution in [0.2, 0.25) is 0 Å². The first-order chi connectivity index (χ1) is 16.0. The zero-order chi connectivity index (χ0) is 23.2. The highest BCUT2D eigenvalue weighted by Crippen LogP contribution is 2.28. The van der Waals surface area contributed by atoms with Crippen LogP contribution in [0.1, 0.15) is 24.0 Å².